The summed E-state index contributed by atoms with van der Waals surface area (Å²) in [7, 11) is 0. The summed E-state index contributed by atoms with van der Waals surface area (Å²) in [6.45, 7) is 1.88. The van der Waals surface area contributed by atoms with E-state index >= 15 is 0 Å². The number of furan rings is 1. The van der Waals surface area contributed by atoms with E-state index in [1.807, 2.05) is 37.3 Å². The van der Waals surface area contributed by atoms with E-state index in [2.05, 4.69) is 5.32 Å². The van der Waals surface area contributed by atoms with Crippen LogP contribution in [-0.2, 0) is 11.2 Å². The number of amides is 1. The highest BCUT2D eigenvalue weighted by molar-refractivity contribution is 5.80. The molecule has 2 aromatic carbocycles. The lowest BCUT2D eigenvalue weighted by Crippen LogP contribution is -2.27. The maximum atomic E-state index is 12.8. The molecule has 1 atom stereocenters. The number of carbonyl (C=O) groups is 1. The standard InChI is InChI=1S/C18H16FNO2/c1-12(17-11-14-4-2-3-5-16(14)22-17)20-18(21)10-13-6-8-15(19)9-7-13/h2-9,11-12H,10H2,1H3,(H,20,21). The van der Waals surface area contributed by atoms with Gasteiger partial charge in [-0.2, -0.15) is 0 Å². The maximum Gasteiger partial charge on any atom is 0.224 e. The first-order valence-corrected chi connectivity index (χ1v) is 7.14. The molecule has 0 saturated carbocycles. The van der Waals surface area contributed by atoms with Crippen LogP contribution in [-0.4, -0.2) is 5.91 Å². The Balaban J connectivity index is 1.66. The van der Waals surface area contributed by atoms with Crippen molar-refractivity contribution in [1.29, 1.82) is 0 Å². The fourth-order valence-electron chi connectivity index (χ4n) is 2.37. The van der Waals surface area contributed by atoms with Crippen LogP contribution in [0.2, 0.25) is 0 Å². The van der Waals surface area contributed by atoms with E-state index in [0.717, 1.165) is 16.5 Å². The third kappa shape index (κ3) is 3.17. The van der Waals surface area contributed by atoms with Crippen molar-refractivity contribution >= 4 is 16.9 Å². The number of para-hydroxylation sites is 1. The molecular formula is C18H16FNO2. The summed E-state index contributed by atoms with van der Waals surface area (Å²) in [6.07, 6.45) is 0.213. The fourth-order valence-corrected chi connectivity index (χ4v) is 2.37. The quantitative estimate of drug-likeness (QED) is 0.791. The zero-order valence-electron chi connectivity index (χ0n) is 12.2. The van der Waals surface area contributed by atoms with Crippen LogP contribution in [0.3, 0.4) is 0 Å². The van der Waals surface area contributed by atoms with Gasteiger partial charge >= 0.3 is 0 Å². The largest absolute Gasteiger partial charge is 0.459 e. The molecule has 3 aromatic rings. The van der Waals surface area contributed by atoms with E-state index in [-0.39, 0.29) is 24.2 Å². The Hall–Kier alpha value is -2.62. The molecule has 1 amide bonds. The predicted molar refractivity (Wildman–Crippen MR) is 82.9 cm³/mol. The molecular weight excluding hydrogens is 281 g/mol. The molecule has 0 saturated heterocycles. The second-order valence-corrected chi connectivity index (χ2v) is 5.28. The van der Waals surface area contributed by atoms with Gasteiger partial charge in [-0.25, -0.2) is 4.39 Å². The number of fused-ring (bicyclic) bond motifs is 1. The van der Waals surface area contributed by atoms with E-state index in [9.17, 15) is 9.18 Å². The van der Waals surface area contributed by atoms with Crippen molar-refractivity contribution < 1.29 is 13.6 Å². The van der Waals surface area contributed by atoms with Crippen molar-refractivity contribution in [3.05, 3.63) is 71.7 Å². The zero-order chi connectivity index (χ0) is 15.5. The molecule has 0 bridgehead atoms. The second kappa shape index (κ2) is 6.02. The van der Waals surface area contributed by atoms with Crippen molar-refractivity contribution in [2.24, 2.45) is 0 Å². The highest BCUT2D eigenvalue weighted by Crippen LogP contribution is 2.23. The summed E-state index contributed by atoms with van der Waals surface area (Å²) in [5.74, 6) is 0.285. The molecule has 1 N–H and O–H groups in total. The van der Waals surface area contributed by atoms with Crippen LogP contribution in [0, 0.1) is 5.82 Å². The Morgan fingerprint density at radius 2 is 1.91 bits per heavy atom. The molecule has 3 rings (SSSR count). The number of carbonyl (C=O) groups excluding carboxylic acids is 1. The van der Waals surface area contributed by atoms with Gasteiger partial charge in [0.05, 0.1) is 12.5 Å². The molecule has 1 heterocycles. The monoisotopic (exact) mass is 297 g/mol. The van der Waals surface area contributed by atoms with Gasteiger partial charge in [-0.15, -0.1) is 0 Å². The predicted octanol–water partition coefficient (Wildman–Crippen LogP) is 3.99. The highest BCUT2D eigenvalue weighted by Gasteiger charge is 2.14. The maximum absolute atomic E-state index is 12.8. The lowest BCUT2D eigenvalue weighted by molar-refractivity contribution is -0.121. The van der Waals surface area contributed by atoms with Gasteiger partial charge in [0.25, 0.3) is 0 Å². The van der Waals surface area contributed by atoms with Gasteiger partial charge < -0.3 is 9.73 Å². The van der Waals surface area contributed by atoms with Gasteiger partial charge in [0.15, 0.2) is 0 Å². The number of halogens is 1. The third-order valence-corrected chi connectivity index (χ3v) is 3.53. The van der Waals surface area contributed by atoms with Crippen molar-refractivity contribution in [2.45, 2.75) is 19.4 Å². The summed E-state index contributed by atoms with van der Waals surface area (Å²) in [4.78, 5) is 12.0. The SMILES string of the molecule is CC(NC(=O)Cc1ccc(F)cc1)c1cc2ccccc2o1. The Morgan fingerprint density at radius 3 is 2.64 bits per heavy atom. The van der Waals surface area contributed by atoms with E-state index in [1.54, 1.807) is 12.1 Å². The topological polar surface area (TPSA) is 42.2 Å². The first-order chi connectivity index (χ1) is 10.6. The summed E-state index contributed by atoms with van der Waals surface area (Å²) in [6, 6.07) is 15.4. The molecule has 0 aliphatic carbocycles. The number of rotatable bonds is 4. The summed E-state index contributed by atoms with van der Waals surface area (Å²) in [5, 5.41) is 3.91. The van der Waals surface area contributed by atoms with E-state index in [4.69, 9.17) is 4.42 Å². The Kier molecular flexibility index (Phi) is 3.92. The van der Waals surface area contributed by atoms with Gasteiger partial charge in [0.1, 0.15) is 17.2 Å². The summed E-state index contributed by atoms with van der Waals surface area (Å²) in [5.41, 5.74) is 1.58. The van der Waals surface area contributed by atoms with E-state index < -0.39 is 0 Å². The average Bonchev–Trinajstić information content (AvgIpc) is 2.93. The zero-order valence-corrected chi connectivity index (χ0v) is 12.2. The van der Waals surface area contributed by atoms with Crippen LogP contribution < -0.4 is 5.32 Å². The number of hydrogen-bond acceptors (Lipinski definition) is 2. The number of nitrogens with one attached hydrogen (secondary N) is 1. The molecule has 1 aromatic heterocycles. The van der Waals surface area contributed by atoms with Crippen molar-refractivity contribution in [3.63, 3.8) is 0 Å². The van der Waals surface area contributed by atoms with Crippen molar-refractivity contribution in [1.82, 2.24) is 5.32 Å². The molecule has 0 spiro atoms. The molecule has 1 unspecified atom stereocenters. The van der Waals surface area contributed by atoms with Crippen LogP contribution >= 0.6 is 0 Å². The molecule has 4 heteroatoms. The van der Waals surface area contributed by atoms with Crippen LogP contribution in [0.4, 0.5) is 4.39 Å². The van der Waals surface area contributed by atoms with Gasteiger partial charge in [0.2, 0.25) is 5.91 Å². The molecule has 3 nitrogen and oxygen atoms in total. The van der Waals surface area contributed by atoms with Crippen LogP contribution in [0.15, 0.2) is 59.0 Å². The molecule has 112 valence electrons. The molecule has 0 aliphatic heterocycles. The van der Waals surface area contributed by atoms with E-state index in [0.29, 0.717) is 5.76 Å². The lowest BCUT2D eigenvalue weighted by atomic mass is 10.1. The second-order valence-electron chi connectivity index (χ2n) is 5.28. The first kappa shape index (κ1) is 14.3. The minimum atomic E-state index is -0.306. The Labute approximate surface area is 127 Å². The first-order valence-electron chi connectivity index (χ1n) is 7.14. The average molecular weight is 297 g/mol. The summed E-state index contributed by atoms with van der Waals surface area (Å²) >= 11 is 0. The van der Waals surface area contributed by atoms with Gasteiger partial charge in [-0.3, -0.25) is 4.79 Å². The molecule has 0 aliphatic rings. The fraction of sp³-hybridized carbons (Fsp3) is 0.167. The molecule has 0 radical (unpaired) electrons. The minimum Gasteiger partial charge on any atom is -0.459 e. The minimum absolute atomic E-state index is 0.125. The van der Waals surface area contributed by atoms with E-state index in [1.165, 1.54) is 12.1 Å². The Bertz CT molecular complexity index is 759. The third-order valence-electron chi connectivity index (χ3n) is 3.53. The Morgan fingerprint density at radius 1 is 1.18 bits per heavy atom. The smallest absolute Gasteiger partial charge is 0.224 e. The van der Waals surface area contributed by atoms with Crippen molar-refractivity contribution in [3.8, 4) is 0 Å². The van der Waals surface area contributed by atoms with Crippen molar-refractivity contribution in [2.75, 3.05) is 0 Å². The van der Waals surface area contributed by atoms with Gasteiger partial charge in [-0.1, -0.05) is 30.3 Å². The van der Waals surface area contributed by atoms with Crippen LogP contribution in [0.1, 0.15) is 24.3 Å². The molecule has 22 heavy (non-hydrogen) atoms. The van der Waals surface area contributed by atoms with Gasteiger partial charge in [0, 0.05) is 5.39 Å². The van der Waals surface area contributed by atoms with Crippen LogP contribution in [0.5, 0.6) is 0 Å². The number of benzene rings is 2. The lowest BCUT2D eigenvalue weighted by Gasteiger charge is -2.11. The van der Waals surface area contributed by atoms with Gasteiger partial charge in [-0.05, 0) is 36.8 Å². The highest BCUT2D eigenvalue weighted by atomic mass is 19.1. The number of hydrogen-bond donors (Lipinski definition) is 1. The summed E-state index contributed by atoms with van der Waals surface area (Å²) < 4.78 is 18.6. The normalized spacial score (nSPS) is 12.3. The molecule has 0 fully saturated rings. The van der Waals surface area contributed by atoms with Crippen LogP contribution in [0.25, 0.3) is 11.0 Å².